The summed E-state index contributed by atoms with van der Waals surface area (Å²) in [5.41, 5.74) is 0. The SMILES string of the molecule is CC(O)C(=O)O.O=C(O)/C=C\C(=O)O.[CaH2]. The zero-order valence-electron chi connectivity index (χ0n) is 7.25. The van der Waals surface area contributed by atoms with E-state index >= 15 is 0 Å². The van der Waals surface area contributed by atoms with Crippen LogP contribution in [0.4, 0.5) is 0 Å². The minimum absolute atomic E-state index is 0. The maximum absolute atomic E-state index is 9.55. The van der Waals surface area contributed by atoms with Crippen LogP contribution < -0.4 is 0 Å². The standard InChI is InChI=1S/C4H4O4.C3H6O3.Ca.2H/c5-3(6)1-2-4(7)8;1-2(4)3(5)6;;;/h1-2H,(H,5,6)(H,7,8);2,4H,1H3,(H,5,6);;;/b2-1-;;;;. The first-order valence-corrected chi connectivity index (χ1v) is 3.32. The van der Waals surface area contributed by atoms with Gasteiger partial charge in [0.1, 0.15) is 6.10 Å². The van der Waals surface area contributed by atoms with E-state index in [1.54, 1.807) is 0 Å². The fraction of sp³-hybridized carbons (Fsp3) is 0.286. The van der Waals surface area contributed by atoms with Gasteiger partial charge in [-0.05, 0) is 6.92 Å². The van der Waals surface area contributed by atoms with Gasteiger partial charge in [0.25, 0.3) is 0 Å². The average molecular weight is 248 g/mol. The summed E-state index contributed by atoms with van der Waals surface area (Å²) in [6.07, 6.45) is -0.116. The Kier molecular flexibility index (Phi) is 15.2. The van der Waals surface area contributed by atoms with E-state index in [2.05, 4.69) is 0 Å². The van der Waals surface area contributed by atoms with Crippen molar-refractivity contribution in [1.29, 1.82) is 0 Å². The Labute approximate surface area is 115 Å². The van der Waals surface area contributed by atoms with Crippen molar-refractivity contribution in [3.63, 3.8) is 0 Å². The summed E-state index contributed by atoms with van der Waals surface area (Å²) >= 11 is 0. The van der Waals surface area contributed by atoms with Crippen LogP contribution in [0.3, 0.4) is 0 Å². The van der Waals surface area contributed by atoms with Gasteiger partial charge in [0, 0.05) is 12.2 Å². The summed E-state index contributed by atoms with van der Waals surface area (Å²) in [7, 11) is 0. The van der Waals surface area contributed by atoms with Crippen LogP contribution in [0, 0.1) is 0 Å². The fourth-order valence-corrected chi connectivity index (χ4v) is 0.143. The van der Waals surface area contributed by atoms with E-state index in [1.807, 2.05) is 0 Å². The number of hydrogen-bond acceptors (Lipinski definition) is 4. The van der Waals surface area contributed by atoms with Crippen LogP contribution in [-0.2, 0) is 14.4 Å². The number of carboxylic acids is 3. The Morgan fingerprint density at radius 1 is 1.00 bits per heavy atom. The van der Waals surface area contributed by atoms with E-state index in [1.165, 1.54) is 6.92 Å². The first kappa shape index (κ1) is 19.9. The van der Waals surface area contributed by atoms with Crippen LogP contribution in [0.1, 0.15) is 6.92 Å². The molecule has 0 aromatic carbocycles. The van der Waals surface area contributed by atoms with E-state index < -0.39 is 24.0 Å². The van der Waals surface area contributed by atoms with Crippen molar-refractivity contribution < 1.29 is 34.8 Å². The summed E-state index contributed by atoms with van der Waals surface area (Å²) in [4.78, 5) is 28.6. The first-order chi connectivity index (χ1) is 6.27. The van der Waals surface area contributed by atoms with Crippen molar-refractivity contribution in [3.8, 4) is 0 Å². The van der Waals surface area contributed by atoms with Gasteiger partial charge in [-0.15, -0.1) is 0 Å². The van der Waals surface area contributed by atoms with Crippen molar-refractivity contribution in [2.24, 2.45) is 0 Å². The third kappa shape index (κ3) is 24.7. The fourth-order valence-electron chi connectivity index (χ4n) is 0.143. The Morgan fingerprint density at radius 2 is 1.20 bits per heavy atom. The van der Waals surface area contributed by atoms with Gasteiger partial charge in [-0.25, -0.2) is 14.4 Å². The molecule has 0 aliphatic heterocycles. The van der Waals surface area contributed by atoms with E-state index in [-0.39, 0.29) is 37.7 Å². The molecular weight excluding hydrogens is 236 g/mol. The Balaban J connectivity index is -0.000000187. The number of hydrogen-bond donors (Lipinski definition) is 4. The van der Waals surface area contributed by atoms with Gasteiger partial charge in [0.05, 0.1) is 0 Å². The number of aliphatic hydroxyl groups excluding tert-OH is 1. The topological polar surface area (TPSA) is 132 Å². The summed E-state index contributed by atoms with van der Waals surface area (Å²) in [5.74, 6) is -3.70. The second-order valence-electron chi connectivity index (χ2n) is 2.02. The van der Waals surface area contributed by atoms with Gasteiger partial charge in [0.15, 0.2) is 0 Å². The summed E-state index contributed by atoms with van der Waals surface area (Å²) in [6, 6.07) is 0. The maximum atomic E-state index is 9.55. The molecule has 0 amide bonds. The molecule has 84 valence electrons. The number of carbonyl (C=O) groups is 3. The summed E-state index contributed by atoms with van der Waals surface area (Å²) in [6.45, 7) is 1.20. The van der Waals surface area contributed by atoms with Crippen molar-refractivity contribution in [2.75, 3.05) is 0 Å². The summed E-state index contributed by atoms with van der Waals surface area (Å²) in [5, 5.41) is 31.4. The van der Waals surface area contributed by atoms with Gasteiger partial charge >= 0.3 is 55.6 Å². The van der Waals surface area contributed by atoms with E-state index in [0.29, 0.717) is 12.2 Å². The second-order valence-corrected chi connectivity index (χ2v) is 2.02. The van der Waals surface area contributed by atoms with Gasteiger partial charge in [-0.2, -0.15) is 0 Å². The van der Waals surface area contributed by atoms with E-state index in [0.717, 1.165) is 0 Å². The molecular formula is C7H12CaO7. The number of rotatable bonds is 3. The molecule has 15 heavy (non-hydrogen) atoms. The molecule has 0 aliphatic carbocycles. The average Bonchev–Trinajstić information content (AvgIpc) is 2.01. The molecule has 0 bridgehead atoms. The molecule has 0 spiro atoms. The number of aliphatic carboxylic acids is 3. The normalized spacial score (nSPS) is 10.5. The third-order valence-electron chi connectivity index (χ3n) is 0.726. The molecule has 1 unspecified atom stereocenters. The molecule has 0 aliphatic rings. The molecule has 0 saturated heterocycles. The Bertz CT molecular complexity index is 230. The predicted octanol–water partition coefficient (Wildman–Crippen LogP) is -1.75. The molecule has 0 heterocycles. The molecule has 7 nitrogen and oxygen atoms in total. The molecule has 8 heteroatoms. The third-order valence-corrected chi connectivity index (χ3v) is 0.726. The van der Waals surface area contributed by atoms with Crippen LogP contribution in [-0.4, -0.2) is 82.2 Å². The molecule has 0 aromatic rings. The van der Waals surface area contributed by atoms with Crippen molar-refractivity contribution in [1.82, 2.24) is 0 Å². The Hall–Kier alpha value is -0.630. The minimum atomic E-state index is -1.26. The monoisotopic (exact) mass is 248 g/mol. The molecule has 0 saturated carbocycles. The zero-order chi connectivity index (χ0) is 11.7. The van der Waals surface area contributed by atoms with Gasteiger partial charge in [0.2, 0.25) is 0 Å². The van der Waals surface area contributed by atoms with Gasteiger partial charge in [-0.1, -0.05) is 0 Å². The first-order valence-electron chi connectivity index (χ1n) is 3.32. The van der Waals surface area contributed by atoms with Crippen LogP contribution in [0.5, 0.6) is 0 Å². The van der Waals surface area contributed by atoms with Gasteiger partial charge in [-0.3, -0.25) is 0 Å². The molecule has 0 radical (unpaired) electrons. The van der Waals surface area contributed by atoms with Crippen molar-refractivity contribution in [2.45, 2.75) is 13.0 Å². The molecule has 4 N–H and O–H groups in total. The number of carboxylic acid groups (broad SMARTS) is 3. The molecule has 0 aromatic heterocycles. The van der Waals surface area contributed by atoms with Gasteiger partial charge < -0.3 is 20.4 Å². The van der Waals surface area contributed by atoms with Crippen LogP contribution >= 0.6 is 0 Å². The van der Waals surface area contributed by atoms with Crippen LogP contribution in [0.25, 0.3) is 0 Å². The predicted molar refractivity (Wildman–Crippen MR) is 52.3 cm³/mol. The quantitative estimate of drug-likeness (QED) is 0.344. The zero-order valence-corrected chi connectivity index (χ0v) is 7.25. The Morgan fingerprint density at radius 3 is 1.27 bits per heavy atom. The molecule has 0 fully saturated rings. The summed E-state index contributed by atoms with van der Waals surface area (Å²) < 4.78 is 0. The molecule has 1 atom stereocenters. The van der Waals surface area contributed by atoms with E-state index in [4.69, 9.17) is 20.4 Å². The number of aliphatic hydroxyl groups is 1. The van der Waals surface area contributed by atoms with Crippen LogP contribution in [0.2, 0.25) is 0 Å². The van der Waals surface area contributed by atoms with Crippen molar-refractivity contribution in [3.05, 3.63) is 12.2 Å². The second kappa shape index (κ2) is 11.4. The van der Waals surface area contributed by atoms with E-state index in [9.17, 15) is 14.4 Å². The van der Waals surface area contributed by atoms with Crippen molar-refractivity contribution >= 4 is 55.6 Å². The molecule has 0 rings (SSSR count). The van der Waals surface area contributed by atoms with Crippen LogP contribution in [0.15, 0.2) is 12.2 Å².